The van der Waals surface area contributed by atoms with Crippen LogP contribution in [-0.4, -0.2) is 10.8 Å². The van der Waals surface area contributed by atoms with Gasteiger partial charge >= 0.3 is 0 Å². The smallest absolute Gasteiger partial charge is 0.168 e. The van der Waals surface area contributed by atoms with Crippen LogP contribution in [0.5, 0.6) is 0 Å². The molecule has 1 fully saturated rings. The van der Waals surface area contributed by atoms with E-state index in [-0.39, 0.29) is 11.7 Å². The van der Waals surface area contributed by atoms with E-state index in [1.165, 1.54) is 5.56 Å². The Morgan fingerprint density at radius 3 is 2.55 bits per heavy atom. The number of carbonyl (C=O) groups excluding carboxylic acids is 1. The molecule has 1 aliphatic carbocycles. The first-order valence-electron chi connectivity index (χ1n) is 7.56. The molecular weight excluding hydrogens is 294 g/mol. The number of hydrogen-bond donors (Lipinski definition) is 1. The quantitative estimate of drug-likeness (QED) is 0.646. The summed E-state index contributed by atoms with van der Waals surface area (Å²) >= 11 is 5.98. The summed E-state index contributed by atoms with van der Waals surface area (Å²) in [6.45, 7) is 2.06. The minimum atomic E-state index is 0.200. The molecule has 0 unspecified atom stereocenters. The Hall–Kier alpha value is -2.06. The highest BCUT2D eigenvalue weighted by Gasteiger charge is 2.33. The van der Waals surface area contributed by atoms with Crippen molar-refractivity contribution in [2.24, 2.45) is 5.92 Å². The number of aryl methyl sites for hydroxylation is 1. The lowest BCUT2D eigenvalue weighted by atomic mass is 9.98. The second-order valence-electron chi connectivity index (χ2n) is 6.07. The zero-order chi connectivity index (χ0) is 15.3. The fourth-order valence-electron chi connectivity index (χ4n) is 2.94. The standard InChI is InChI=1S/C19H16ClNO/c1-11-2-9-16-15(10-11)17(19(22)13-3-4-13)18(21-16)12-5-7-14(20)8-6-12/h2,5-10,13,21H,3-4H2,1H3. The average Bonchev–Trinajstić information content (AvgIpc) is 3.29. The highest BCUT2D eigenvalue weighted by Crippen LogP contribution is 2.39. The molecule has 0 spiro atoms. The molecule has 1 N–H and O–H groups in total. The predicted molar refractivity (Wildman–Crippen MR) is 90.5 cm³/mol. The van der Waals surface area contributed by atoms with Crippen LogP contribution in [-0.2, 0) is 0 Å². The molecule has 1 heterocycles. The van der Waals surface area contributed by atoms with Crippen LogP contribution in [0.1, 0.15) is 28.8 Å². The summed E-state index contributed by atoms with van der Waals surface area (Å²) in [6.07, 6.45) is 2.02. The molecule has 4 rings (SSSR count). The van der Waals surface area contributed by atoms with Gasteiger partial charge in [0.05, 0.1) is 11.3 Å². The van der Waals surface area contributed by atoms with Gasteiger partial charge < -0.3 is 4.98 Å². The topological polar surface area (TPSA) is 32.9 Å². The third-order valence-electron chi connectivity index (χ3n) is 4.28. The fraction of sp³-hybridized carbons (Fsp3) is 0.211. The van der Waals surface area contributed by atoms with Crippen LogP contribution < -0.4 is 0 Å². The molecule has 3 aromatic rings. The Morgan fingerprint density at radius 2 is 1.86 bits per heavy atom. The van der Waals surface area contributed by atoms with Crippen molar-refractivity contribution in [1.29, 1.82) is 0 Å². The minimum Gasteiger partial charge on any atom is -0.354 e. The van der Waals surface area contributed by atoms with Crippen LogP contribution in [0.15, 0.2) is 42.5 Å². The van der Waals surface area contributed by atoms with E-state index in [1.54, 1.807) is 0 Å². The highest BCUT2D eigenvalue weighted by atomic mass is 35.5. The Morgan fingerprint density at radius 1 is 1.14 bits per heavy atom. The Balaban J connectivity index is 1.98. The summed E-state index contributed by atoms with van der Waals surface area (Å²) in [6, 6.07) is 13.9. The van der Waals surface area contributed by atoms with Gasteiger partial charge in [-0.05, 0) is 49.6 Å². The van der Waals surface area contributed by atoms with E-state index >= 15 is 0 Å². The summed E-state index contributed by atoms with van der Waals surface area (Å²) in [5.41, 5.74) is 4.93. The number of rotatable bonds is 3. The number of aromatic amines is 1. The number of halogens is 1. The van der Waals surface area contributed by atoms with E-state index in [0.717, 1.165) is 40.6 Å². The van der Waals surface area contributed by atoms with Crippen LogP contribution in [0.3, 0.4) is 0 Å². The monoisotopic (exact) mass is 309 g/mol. The van der Waals surface area contributed by atoms with Gasteiger partial charge in [0.2, 0.25) is 0 Å². The molecule has 1 aromatic heterocycles. The summed E-state index contributed by atoms with van der Waals surface area (Å²) in [4.78, 5) is 16.2. The number of ketones is 1. The maximum atomic E-state index is 12.8. The minimum absolute atomic E-state index is 0.200. The zero-order valence-corrected chi connectivity index (χ0v) is 13.1. The van der Waals surface area contributed by atoms with E-state index in [1.807, 2.05) is 30.3 Å². The Labute approximate surface area is 134 Å². The van der Waals surface area contributed by atoms with E-state index in [0.29, 0.717) is 5.02 Å². The highest BCUT2D eigenvalue weighted by molar-refractivity contribution is 6.30. The number of hydrogen-bond acceptors (Lipinski definition) is 1. The SMILES string of the molecule is Cc1ccc2[nH]c(-c3ccc(Cl)cc3)c(C(=O)C3CC3)c2c1. The molecule has 1 aliphatic rings. The molecule has 22 heavy (non-hydrogen) atoms. The Bertz CT molecular complexity index is 872. The molecule has 0 radical (unpaired) electrons. The van der Waals surface area contributed by atoms with Gasteiger partial charge in [0.15, 0.2) is 5.78 Å². The number of carbonyl (C=O) groups is 1. The lowest BCUT2D eigenvalue weighted by Crippen LogP contribution is -2.02. The van der Waals surface area contributed by atoms with Gasteiger partial charge in [0.25, 0.3) is 0 Å². The average molecular weight is 310 g/mol. The maximum absolute atomic E-state index is 12.8. The Kier molecular flexibility index (Phi) is 3.08. The van der Waals surface area contributed by atoms with Crippen molar-refractivity contribution in [2.75, 3.05) is 0 Å². The van der Waals surface area contributed by atoms with Gasteiger partial charge in [-0.25, -0.2) is 0 Å². The molecule has 0 aliphatic heterocycles. The van der Waals surface area contributed by atoms with Crippen molar-refractivity contribution in [3.05, 3.63) is 58.6 Å². The number of H-pyrrole nitrogens is 1. The van der Waals surface area contributed by atoms with Gasteiger partial charge in [-0.2, -0.15) is 0 Å². The molecule has 2 nitrogen and oxygen atoms in total. The van der Waals surface area contributed by atoms with Crippen molar-refractivity contribution in [2.45, 2.75) is 19.8 Å². The van der Waals surface area contributed by atoms with Gasteiger partial charge in [-0.3, -0.25) is 4.79 Å². The lowest BCUT2D eigenvalue weighted by Gasteiger charge is -2.04. The molecule has 0 amide bonds. The van der Waals surface area contributed by atoms with E-state index in [2.05, 4.69) is 24.0 Å². The first-order valence-corrected chi connectivity index (χ1v) is 7.94. The zero-order valence-electron chi connectivity index (χ0n) is 12.3. The van der Waals surface area contributed by atoms with Gasteiger partial charge in [0.1, 0.15) is 0 Å². The molecule has 110 valence electrons. The van der Waals surface area contributed by atoms with Crippen molar-refractivity contribution >= 4 is 28.3 Å². The third kappa shape index (κ3) is 2.24. The number of aromatic nitrogens is 1. The normalized spacial score (nSPS) is 14.5. The first kappa shape index (κ1) is 13.6. The molecule has 0 saturated heterocycles. The molecule has 2 aromatic carbocycles. The van der Waals surface area contributed by atoms with Gasteiger partial charge in [0, 0.05) is 21.8 Å². The van der Waals surface area contributed by atoms with Gasteiger partial charge in [-0.1, -0.05) is 35.4 Å². The maximum Gasteiger partial charge on any atom is 0.168 e. The number of Topliss-reactive ketones (excluding diaryl/α,β-unsaturated/α-hetero) is 1. The van der Waals surface area contributed by atoms with E-state index in [9.17, 15) is 4.79 Å². The van der Waals surface area contributed by atoms with E-state index < -0.39 is 0 Å². The van der Waals surface area contributed by atoms with Crippen LogP contribution in [0.2, 0.25) is 5.02 Å². The molecule has 0 atom stereocenters. The van der Waals surface area contributed by atoms with Crippen molar-refractivity contribution in [3.63, 3.8) is 0 Å². The second kappa shape index (κ2) is 4.99. The summed E-state index contributed by atoms with van der Waals surface area (Å²) in [5, 5.41) is 1.73. The van der Waals surface area contributed by atoms with Crippen LogP contribution >= 0.6 is 11.6 Å². The van der Waals surface area contributed by atoms with Crippen LogP contribution in [0.4, 0.5) is 0 Å². The fourth-order valence-corrected chi connectivity index (χ4v) is 3.07. The van der Waals surface area contributed by atoms with E-state index in [4.69, 9.17) is 11.6 Å². The second-order valence-corrected chi connectivity index (χ2v) is 6.51. The summed E-state index contributed by atoms with van der Waals surface area (Å²) in [5.74, 6) is 0.465. The largest absolute Gasteiger partial charge is 0.354 e. The van der Waals surface area contributed by atoms with Gasteiger partial charge in [-0.15, -0.1) is 0 Å². The number of fused-ring (bicyclic) bond motifs is 1. The predicted octanol–water partition coefficient (Wildman–Crippen LogP) is 5.39. The molecular formula is C19H16ClNO. The first-order chi connectivity index (χ1) is 10.6. The van der Waals surface area contributed by atoms with Crippen molar-refractivity contribution < 1.29 is 4.79 Å². The third-order valence-corrected chi connectivity index (χ3v) is 4.53. The van der Waals surface area contributed by atoms with Crippen molar-refractivity contribution in [3.8, 4) is 11.3 Å². The summed E-state index contributed by atoms with van der Waals surface area (Å²) < 4.78 is 0. The number of nitrogens with one attached hydrogen (secondary N) is 1. The molecule has 1 saturated carbocycles. The van der Waals surface area contributed by atoms with Crippen LogP contribution in [0.25, 0.3) is 22.2 Å². The summed E-state index contributed by atoms with van der Waals surface area (Å²) in [7, 11) is 0. The van der Waals surface area contributed by atoms with Crippen LogP contribution in [0, 0.1) is 12.8 Å². The van der Waals surface area contributed by atoms with Crippen molar-refractivity contribution in [1.82, 2.24) is 4.98 Å². The number of benzene rings is 2. The lowest BCUT2D eigenvalue weighted by molar-refractivity contribution is 0.0970. The molecule has 0 bridgehead atoms. The molecule has 3 heteroatoms.